The first-order chi connectivity index (χ1) is 9.04. The maximum Gasteiger partial charge on any atom is 0.137 e. The van der Waals surface area contributed by atoms with Crippen LogP contribution in [0.3, 0.4) is 0 Å². The summed E-state index contributed by atoms with van der Waals surface area (Å²) in [5, 5.41) is 3.50. The summed E-state index contributed by atoms with van der Waals surface area (Å²) in [7, 11) is 0. The van der Waals surface area contributed by atoms with Crippen molar-refractivity contribution in [3.05, 3.63) is 22.9 Å². The molecule has 0 radical (unpaired) electrons. The van der Waals surface area contributed by atoms with Crippen LogP contribution in [-0.4, -0.2) is 28.2 Å². The largest absolute Gasteiger partial charge is 0.389 e. The maximum absolute atomic E-state index is 5.86. The van der Waals surface area contributed by atoms with Crippen LogP contribution in [0.25, 0.3) is 0 Å². The van der Waals surface area contributed by atoms with Crippen molar-refractivity contribution in [1.82, 2.24) is 4.98 Å². The highest BCUT2D eigenvalue weighted by molar-refractivity contribution is 7.80. The van der Waals surface area contributed by atoms with E-state index in [2.05, 4.69) is 10.3 Å². The Balaban J connectivity index is 1.89. The number of hydrogen-bond donors (Lipinski definition) is 2. The zero-order chi connectivity index (χ0) is 13.6. The topological polar surface area (TPSA) is 60.2 Å². The van der Waals surface area contributed by atoms with Crippen molar-refractivity contribution < 1.29 is 4.74 Å². The van der Waals surface area contributed by atoms with Crippen molar-refractivity contribution in [2.24, 2.45) is 5.73 Å². The molecular formula is C14H19N3OS. The Morgan fingerprint density at radius 3 is 2.84 bits per heavy atom. The molecule has 3 rings (SSSR count). The van der Waals surface area contributed by atoms with Gasteiger partial charge in [-0.25, -0.2) is 4.98 Å². The zero-order valence-corrected chi connectivity index (χ0v) is 12.1. The number of aromatic nitrogens is 1. The third kappa shape index (κ3) is 2.32. The van der Waals surface area contributed by atoms with Gasteiger partial charge in [-0.15, -0.1) is 0 Å². The molecule has 19 heavy (non-hydrogen) atoms. The molecule has 0 saturated carbocycles. The van der Waals surface area contributed by atoms with Gasteiger partial charge in [-0.3, -0.25) is 0 Å². The molecule has 5 heteroatoms. The van der Waals surface area contributed by atoms with Gasteiger partial charge in [0.25, 0.3) is 0 Å². The van der Waals surface area contributed by atoms with Gasteiger partial charge in [0.1, 0.15) is 10.8 Å². The van der Waals surface area contributed by atoms with E-state index in [0.717, 1.165) is 35.5 Å². The molecule has 3 heterocycles. The second kappa shape index (κ2) is 4.72. The number of hydrogen-bond acceptors (Lipinski definition) is 4. The fourth-order valence-electron chi connectivity index (χ4n) is 3.22. The smallest absolute Gasteiger partial charge is 0.137 e. The third-order valence-corrected chi connectivity index (χ3v) is 4.22. The number of rotatable bonds is 3. The molecule has 0 aliphatic carbocycles. The first-order valence-corrected chi connectivity index (χ1v) is 7.15. The molecule has 1 aromatic rings. The van der Waals surface area contributed by atoms with Crippen molar-refractivity contribution in [2.45, 2.75) is 51.4 Å². The summed E-state index contributed by atoms with van der Waals surface area (Å²) in [6.45, 7) is 4.00. The summed E-state index contributed by atoms with van der Waals surface area (Å²) in [4.78, 5) is 4.97. The highest BCUT2D eigenvalue weighted by Crippen LogP contribution is 2.36. The van der Waals surface area contributed by atoms with Crippen molar-refractivity contribution in [3.63, 3.8) is 0 Å². The Labute approximate surface area is 118 Å². The lowest BCUT2D eigenvalue weighted by Gasteiger charge is -2.23. The summed E-state index contributed by atoms with van der Waals surface area (Å²) >= 11 is 5.15. The maximum atomic E-state index is 5.86. The molecule has 3 atom stereocenters. The first kappa shape index (κ1) is 12.8. The van der Waals surface area contributed by atoms with Gasteiger partial charge in [-0.05, 0) is 44.7 Å². The van der Waals surface area contributed by atoms with Crippen molar-refractivity contribution in [2.75, 3.05) is 5.32 Å². The van der Waals surface area contributed by atoms with Crippen molar-refractivity contribution in [3.8, 4) is 0 Å². The van der Waals surface area contributed by atoms with E-state index in [1.165, 1.54) is 6.42 Å². The lowest BCUT2D eigenvalue weighted by atomic mass is 9.95. The fourth-order valence-corrected chi connectivity index (χ4v) is 3.48. The van der Waals surface area contributed by atoms with Crippen molar-refractivity contribution >= 4 is 23.0 Å². The first-order valence-electron chi connectivity index (χ1n) is 6.74. The lowest BCUT2D eigenvalue weighted by Crippen LogP contribution is -2.32. The zero-order valence-electron chi connectivity index (χ0n) is 11.3. The minimum Gasteiger partial charge on any atom is -0.389 e. The Bertz CT molecular complexity index is 532. The number of nitrogens with two attached hydrogens (primary N) is 1. The molecule has 0 spiro atoms. The normalized spacial score (nSPS) is 28.6. The predicted molar refractivity (Wildman–Crippen MR) is 79.5 cm³/mol. The summed E-state index contributed by atoms with van der Waals surface area (Å²) in [5.74, 6) is 0.811. The predicted octanol–water partition coefficient (Wildman–Crippen LogP) is 2.06. The quantitative estimate of drug-likeness (QED) is 0.828. The minimum absolute atomic E-state index is 0.312. The molecule has 2 aliphatic rings. The van der Waals surface area contributed by atoms with E-state index in [4.69, 9.17) is 22.7 Å². The van der Waals surface area contributed by atoms with Gasteiger partial charge in [0, 0.05) is 5.69 Å². The van der Waals surface area contributed by atoms with Gasteiger partial charge in [-0.2, -0.15) is 0 Å². The van der Waals surface area contributed by atoms with Crippen LogP contribution in [0.15, 0.2) is 6.07 Å². The van der Waals surface area contributed by atoms with E-state index < -0.39 is 0 Å². The van der Waals surface area contributed by atoms with Gasteiger partial charge in [0.05, 0.1) is 23.8 Å². The van der Waals surface area contributed by atoms with Gasteiger partial charge >= 0.3 is 0 Å². The SMILES string of the molecule is Cc1cc(C)c(C(N)=S)c(NC2CC3CCC2O3)n1. The number of thiocarbonyl (C=S) groups is 1. The summed E-state index contributed by atoms with van der Waals surface area (Å²) < 4.78 is 5.86. The van der Waals surface area contributed by atoms with Crippen LogP contribution in [0, 0.1) is 13.8 Å². The Kier molecular flexibility index (Phi) is 3.19. The van der Waals surface area contributed by atoms with Crippen LogP contribution < -0.4 is 11.1 Å². The number of anilines is 1. The van der Waals surface area contributed by atoms with E-state index in [1.54, 1.807) is 0 Å². The Morgan fingerprint density at radius 1 is 1.47 bits per heavy atom. The van der Waals surface area contributed by atoms with Crippen LogP contribution in [-0.2, 0) is 4.74 Å². The molecule has 2 fully saturated rings. The molecular weight excluding hydrogens is 258 g/mol. The van der Waals surface area contributed by atoms with Gasteiger partial charge in [0.15, 0.2) is 0 Å². The van der Waals surface area contributed by atoms with Crippen LogP contribution in [0.2, 0.25) is 0 Å². The molecule has 1 aromatic heterocycles. The van der Waals surface area contributed by atoms with E-state index in [9.17, 15) is 0 Å². The monoisotopic (exact) mass is 277 g/mol. The average Bonchev–Trinajstić information content (AvgIpc) is 2.88. The highest BCUT2D eigenvalue weighted by Gasteiger charge is 2.41. The number of aryl methyl sites for hydroxylation is 2. The molecule has 102 valence electrons. The summed E-state index contributed by atoms with van der Waals surface area (Å²) in [5.41, 5.74) is 8.75. The fraction of sp³-hybridized carbons (Fsp3) is 0.571. The van der Waals surface area contributed by atoms with Crippen LogP contribution in [0.5, 0.6) is 0 Å². The Morgan fingerprint density at radius 2 is 2.26 bits per heavy atom. The van der Waals surface area contributed by atoms with Crippen LogP contribution >= 0.6 is 12.2 Å². The molecule has 2 aliphatic heterocycles. The molecule has 3 unspecified atom stereocenters. The number of fused-ring (bicyclic) bond motifs is 2. The molecule has 4 nitrogen and oxygen atoms in total. The number of nitrogens with one attached hydrogen (secondary N) is 1. The second-order valence-corrected chi connectivity index (χ2v) is 5.97. The third-order valence-electron chi connectivity index (χ3n) is 4.02. The summed E-state index contributed by atoms with van der Waals surface area (Å²) in [6.07, 6.45) is 4.10. The molecule has 3 N–H and O–H groups in total. The number of pyridine rings is 1. The van der Waals surface area contributed by atoms with E-state index in [1.807, 2.05) is 19.9 Å². The second-order valence-electron chi connectivity index (χ2n) is 5.53. The van der Waals surface area contributed by atoms with Gasteiger partial charge < -0.3 is 15.8 Å². The van der Waals surface area contributed by atoms with E-state index in [-0.39, 0.29) is 0 Å². The summed E-state index contributed by atoms with van der Waals surface area (Å²) in [6, 6.07) is 2.34. The van der Waals surface area contributed by atoms with E-state index in [0.29, 0.717) is 23.2 Å². The minimum atomic E-state index is 0.312. The molecule has 2 saturated heterocycles. The number of nitrogens with zero attached hydrogens (tertiary/aromatic N) is 1. The molecule has 2 bridgehead atoms. The average molecular weight is 277 g/mol. The van der Waals surface area contributed by atoms with Gasteiger partial charge in [0.2, 0.25) is 0 Å². The highest BCUT2D eigenvalue weighted by atomic mass is 32.1. The van der Waals surface area contributed by atoms with Crippen LogP contribution in [0.1, 0.15) is 36.1 Å². The van der Waals surface area contributed by atoms with Gasteiger partial charge in [-0.1, -0.05) is 12.2 Å². The van der Waals surface area contributed by atoms with Crippen molar-refractivity contribution in [1.29, 1.82) is 0 Å². The molecule has 0 aromatic carbocycles. The standard InChI is InChI=1S/C14H19N3OS/c1-7-5-8(2)16-14(12(7)13(15)19)17-10-6-9-3-4-11(10)18-9/h5,9-11H,3-4,6H2,1-2H3,(H2,15,19)(H,16,17). The van der Waals surface area contributed by atoms with E-state index >= 15 is 0 Å². The lowest BCUT2D eigenvalue weighted by molar-refractivity contribution is 0.102. The number of ether oxygens (including phenoxy) is 1. The molecule has 0 amide bonds. The Hall–Kier alpha value is -1.20. The van der Waals surface area contributed by atoms with Crippen LogP contribution in [0.4, 0.5) is 5.82 Å².